The average Bonchev–Trinajstić information content (AvgIpc) is 2.65. The van der Waals surface area contributed by atoms with Crippen LogP contribution in [0.3, 0.4) is 0 Å². The first-order chi connectivity index (χ1) is 8.79. The van der Waals surface area contributed by atoms with Crippen LogP contribution in [-0.4, -0.2) is 8.07 Å². The van der Waals surface area contributed by atoms with E-state index in [-0.39, 0.29) is 37.2 Å². The molecular formula is C17H23Cl3SiTi. The molecule has 0 saturated carbocycles. The van der Waals surface area contributed by atoms with Crippen molar-refractivity contribution in [2.75, 3.05) is 0 Å². The maximum absolute atomic E-state index is 2.48. The molecule has 0 atom stereocenters. The van der Waals surface area contributed by atoms with E-state index in [1.807, 2.05) is 0 Å². The first-order valence-corrected chi connectivity index (χ1v) is 11.3. The van der Waals surface area contributed by atoms with E-state index in [0.29, 0.717) is 0 Å². The zero-order chi connectivity index (χ0) is 14.2. The summed E-state index contributed by atoms with van der Waals surface area (Å²) in [6, 6.07) is 6.89. The standard InChI is InChI=1S/C17H23Si.3ClH.Ti/c1-13-6-7-15(10-14(13)2)11-16-8-9-17(12-16)18(3,4)5;;;;/h6-7,9-10H,8,11H2,1-5H3;3*1H;/q;;;;+3/p-3. The van der Waals surface area contributed by atoms with Crippen molar-refractivity contribution in [1.82, 2.24) is 0 Å². The van der Waals surface area contributed by atoms with Gasteiger partial charge in [-0.15, -0.1) is 0 Å². The quantitative estimate of drug-likeness (QED) is 0.445. The summed E-state index contributed by atoms with van der Waals surface area (Å²) in [4.78, 5) is 0. The van der Waals surface area contributed by atoms with Crippen LogP contribution in [-0.2, 0) is 26.9 Å². The second-order valence-electron chi connectivity index (χ2n) is 6.65. The molecule has 0 heterocycles. The molecule has 0 bridgehead atoms. The first-order valence-electron chi connectivity index (χ1n) is 7.00. The summed E-state index contributed by atoms with van der Waals surface area (Å²) in [5.41, 5.74) is 5.89. The summed E-state index contributed by atoms with van der Waals surface area (Å²) in [6.07, 6.45) is 4.77. The maximum Gasteiger partial charge on any atom is -1.00 e. The molecule has 5 heteroatoms. The average molecular weight is 410 g/mol. The predicted molar refractivity (Wildman–Crippen MR) is 82.7 cm³/mol. The van der Waals surface area contributed by atoms with Crippen LogP contribution >= 0.6 is 0 Å². The Bertz CT molecular complexity index is 572. The zero-order valence-corrected chi connectivity index (χ0v) is 18.7. The first kappa shape index (κ1) is 24.7. The number of halogens is 3. The fourth-order valence-electron chi connectivity index (χ4n) is 2.62. The molecule has 120 valence electrons. The van der Waals surface area contributed by atoms with Gasteiger partial charge in [0.15, 0.2) is 0 Å². The molecule has 0 radical (unpaired) electrons. The second-order valence-corrected chi connectivity index (χ2v) is 12.5. The van der Waals surface area contributed by atoms with Crippen LogP contribution in [0.25, 0.3) is 0 Å². The van der Waals surface area contributed by atoms with Gasteiger partial charge in [0.05, 0.1) is 0 Å². The Hall–Kier alpha value is 0.501. The third kappa shape index (κ3) is 5.85. The molecule has 0 saturated heterocycles. The van der Waals surface area contributed by atoms with Gasteiger partial charge in [-0.2, -0.15) is 0 Å². The molecule has 0 unspecified atom stereocenters. The molecule has 0 aromatic heterocycles. The van der Waals surface area contributed by atoms with Crippen molar-refractivity contribution in [2.45, 2.75) is 46.3 Å². The van der Waals surface area contributed by atoms with Crippen molar-refractivity contribution in [3.05, 3.63) is 55.6 Å². The van der Waals surface area contributed by atoms with E-state index >= 15 is 0 Å². The van der Waals surface area contributed by atoms with Crippen LogP contribution in [0.2, 0.25) is 19.6 Å². The maximum atomic E-state index is 2.48. The van der Waals surface area contributed by atoms with E-state index in [0.717, 1.165) is 6.42 Å². The van der Waals surface area contributed by atoms with Crippen molar-refractivity contribution < 1.29 is 57.7 Å². The summed E-state index contributed by atoms with van der Waals surface area (Å²) < 4.78 is 1.58. The Morgan fingerprint density at radius 2 is 1.59 bits per heavy atom. The van der Waals surface area contributed by atoms with Crippen molar-refractivity contribution in [3.63, 3.8) is 0 Å². The fraction of sp³-hybridized carbons (Fsp3) is 0.412. The molecule has 0 spiro atoms. The fourth-order valence-corrected chi connectivity index (χ4v) is 6.48. The summed E-state index contributed by atoms with van der Waals surface area (Å²) in [6.45, 7) is 11.7. The monoisotopic (exact) mass is 408 g/mol. The Labute approximate surface area is 166 Å². The molecular weight excluding hydrogens is 386 g/mol. The molecule has 22 heavy (non-hydrogen) atoms. The van der Waals surface area contributed by atoms with Gasteiger partial charge in [-0.05, 0) is 0 Å². The minimum Gasteiger partial charge on any atom is -1.00 e. The van der Waals surface area contributed by atoms with E-state index in [1.165, 1.54) is 23.1 Å². The molecule has 0 fully saturated rings. The Morgan fingerprint density at radius 1 is 1.00 bits per heavy atom. The van der Waals surface area contributed by atoms with E-state index in [2.05, 4.69) is 78.2 Å². The van der Waals surface area contributed by atoms with E-state index in [1.54, 1.807) is 14.6 Å². The molecule has 1 aromatic rings. The molecule has 1 aliphatic carbocycles. The van der Waals surface area contributed by atoms with Crippen LogP contribution in [0.15, 0.2) is 38.9 Å². The largest absolute Gasteiger partial charge is 1.00 e. The topological polar surface area (TPSA) is 0 Å². The van der Waals surface area contributed by atoms with Gasteiger partial charge in [-0.25, -0.2) is 0 Å². The molecule has 0 aliphatic heterocycles. The van der Waals surface area contributed by atoms with Gasteiger partial charge >= 0.3 is 130 Å². The Kier molecular flexibility index (Phi) is 10.9. The molecule has 0 N–H and O–H groups in total. The van der Waals surface area contributed by atoms with Gasteiger partial charge < -0.3 is 37.2 Å². The van der Waals surface area contributed by atoms with Crippen molar-refractivity contribution in [3.8, 4) is 0 Å². The number of hydrogen-bond donors (Lipinski definition) is 0. The van der Waals surface area contributed by atoms with Crippen LogP contribution in [0.1, 0.15) is 23.1 Å². The van der Waals surface area contributed by atoms with Gasteiger partial charge in [0.1, 0.15) is 0 Å². The van der Waals surface area contributed by atoms with Gasteiger partial charge in [-0.1, -0.05) is 0 Å². The number of aryl methyl sites for hydroxylation is 2. The van der Waals surface area contributed by atoms with E-state index in [4.69, 9.17) is 0 Å². The summed E-state index contributed by atoms with van der Waals surface area (Å²) in [7, 11) is -1.16. The minimum absolute atomic E-state index is 0. The zero-order valence-electron chi connectivity index (χ0n) is 13.9. The second kappa shape index (κ2) is 9.71. The predicted octanol–water partition coefficient (Wildman–Crippen LogP) is -4.13. The number of hydrogen-bond acceptors (Lipinski definition) is 0. The third-order valence-electron chi connectivity index (χ3n) is 3.97. The number of allylic oxidation sites excluding steroid dienone is 4. The normalized spacial score (nSPS) is 13.9. The summed E-state index contributed by atoms with van der Waals surface area (Å²) >= 11 is 2.33. The third-order valence-corrected chi connectivity index (χ3v) is 7.41. The van der Waals surface area contributed by atoms with Gasteiger partial charge in [0.2, 0.25) is 0 Å². The van der Waals surface area contributed by atoms with E-state index < -0.39 is 8.07 Å². The molecule has 1 aliphatic rings. The van der Waals surface area contributed by atoms with Crippen molar-refractivity contribution in [1.29, 1.82) is 0 Å². The van der Waals surface area contributed by atoms with Crippen LogP contribution in [0, 0.1) is 13.8 Å². The minimum atomic E-state index is -1.16. The van der Waals surface area contributed by atoms with Crippen molar-refractivity contribution in [2.24, 2.45) is 0 Å². The molecule has 1 aromatic carbocycles. The van der Waals surface area contributed by atoms with Crippen LogP contribution in [0.4, 0.5) is 0 Å². The van der Waals surface area contributed by atoms with Crippen LogP contribution in [0.5, 0.6) is 0 Å². The SMILES string of the molecule is Cc1ccc(CC2=[C]([Ti+3])C([Si](C)(C)C)=CC2)cc1C.[Cl-].[Cl-].[Cl-]. The number of benzene rings is 1. The van der Waals surface area contributed by atoms with Gasteiger partial charge in [0, 0.05) is 0 Å². The summed E-state index contributed by atoms with van der Waals surface area (Å²) in [5, 5.41) is 1.67. The molecule has 2 rings (SSSR count). The number of rotatable bonds is 3. The Balaban J connectivity index is 0. The van der Waals surface area contributed by atoms with Gasteiger partial charge in [-0.3, -0.25) is 0 Å². The van der Waals surface area contributed by atoms with E-state index in [9.17, 15) is 0 Å². The van der Waals surface area contributed by atoms with Crippen LogP contribution < -0.4 is 37.2 Å². The smallest absolute Gasteiger partial charge is 1.00 e. The molecule has 0 nitrogen and oxygen atoms in total. The summed E-state index contributed by atoms with van der Waals surface area (Å²) in [5.74, 6) is 0. The Morgan fingerprint density at radius 3 is 2.05 bits per heavy atom. The van der Waals surface area contributed by atoms with Gasteiger partial charge in [0.25, 0.3) is 0 Å². The molecule has 0 amide bonds. The van der Waals surface area contributed by atoms with Crippen molar-refractivity contribution >= 4 is 8.07 Å².